The summed E-state index contributed by atoms with van der Waals surface area (Å²) in [6.45, 7) is 11.2. The van der Waals surface area contributed by atoms with Crippen LogP contribution in [0.15, 0.2) is 24.3 Å². The Morgan fingerprint density at radius 3 is 2.71 bits per heavy atom. The molecule has 1 fully saturated rings. The number of anilines is 1. The lowest BCUT2D eigenvalue weighted by molar-refractivity contribution is 0.183. The van der Waals surface area contributed by atoms with Crippen LogP contribution in [0.25, 0.3) is 0 Å². The summed E-state index contributed by atoms with van der Waals surface area (Å²) in [7, 11) is 0. The molecule has 1 aromatic carbocycles. The van der Waals surface area contributed by atoms with Crippen molar-refractivity contribution in [1.29, 1.82) is 0 Å². The molecule has 1 N–H and O–H groups in total. The Morgan fingerprint density at radius 2 is 2.05 bits per heavy atom. The van der Waals surface area contributed by atoms with Crippen LogP contribution in [0.1, 0.15) is 40.0 Å². The number of hydrogen-bond donors (Lipinski definition) is 1. The van der Waals surface area contributed by atoms with Crippen LogP contribution in [-0.2, 0) is 0 Å². The fraction of sp³-hybridized carbons (Fsp3) is 0.667. The molecule has 0 spiro atoms. The highest BCUT2D eigenvalue weighted by Crippen LogP contribution is 2.24. The molecule has 1 saturated heterocycles. The van der Waals surface area contributed by atoms with Gasteiger partial charge in [-0.1, -0.05) is 19.9 Å². The van der Waals surface area contributed by atoms with E-state index in [0.29, 0.717) is 6.04 Å². The monoisotopic (exact) mass is 290 g/mol. The standard InChI is InChI=1S/C18H30N2O/c1-4-13-21-18-8-6-7-17(14-18)19-15(3)16-9-11-20(5-2)12-10-16/h6-8,14-16,19H,4-5,9-13H2,1-3H3. The van der Waals surface area contributed by atoms with E-state index in [9.17, 15) is 0 Å². The fourth-order valence-corrected chi connectivity index (χ4v) is 3.05. The highest BCUT2D eigenvalue weighted by atomic mass is 16.5. The van der Waals surface area contributed by atoms with E-state index in [2.05, 4.69) is 49.2 Å². The van der Waals surface area contributed by atoms with Crippen molar-refractivity contribution in [3.05, 3.63) is 24.3 Å². The smallest absolute Gasteiger partial charge is 0.121 e. The maximum absolute atomic E-state index is 5.70. The molecule has 21 heavy (non-hydrogen) atoms. The molecule has 1 aliphatic rings. The Hall–Kier alpha value is -1.22. The van der Waals surface area contributed by atoms with Gasteiger partial charge in [-0.2, -0.15) is 0 Å². The molecular weight excluding hydrogens is 260 g/mol. The summed E-state index contributed by atoms with van der Waals surface area (Å²) in [6.07, 6.45) is 3.64. The summed E-state index contributed by atoms with van der Waals surface area (Å²) < 4.78 is 5.70. The highest BCUT2D eigenvalue weighted by Gasteiger charge is 2.23. The zero-order valence-corrected chi connectivity index (χ0v) is 13.8. The fourth-order valence-electron chi connectivity index (χ4n) is 3.05. The third-order valence-corrected chi connectivity index (χ3v) is 4.49. The van der Waals surface area contributed by atoms with Crippen LogP contribution >= 0.6 is 0 Å². The molecule has 1 unspecified atom stereocenters. The Balaban J connectivity index is 1.86. The Bertz CT molecular complexity index is 413. The molecule has 0 saturated carbocycles. The number of piperidine rings is 1. The minimum Gasteiger partial charge on any atom is -0.494 e. The second kappa shape index (κ2) is 8.28. The van der Waals surface area contributed by atoms with Crippen molar-refractivity contribution < 1.29 is 4.74 Å². The van der Waals surface area contributed by atoms with Gasteiger partial charge in [-0.15, -0.1) is 0 Å². The molecule has 0 radical (unpaired) electrons. The third-order valence-electron chi connectivity index (χ3n) is 4.49. The quantitative estimate of drug-likeness (QED) is 0.821. The predicted molar refractivity (Wildman–Crippen MR) is 90.2 cm³/mol. The maximum Gasteiger partial charge on any atom is 0.121 e. The zero-order chi connectivity index (χ0) is 15.1. The van der Waals surface area contributed by atoms with E-state index >= 15 is 0 Å². The molecule has 1 heterocycles. The average Bonchev–Trinajstić information content (AvgIpc) is 2.53. The van der Waals surface area contributed by atoms with Crippen LogP contribution in [0.4, 0.5) is 5.69 Å². The van der Waals surface area contributed by atoms with Crippen molar-refractivity contribution in [1.82, 2.24) is 4.90 Å². The Kier molecular flexibility index (Phi) is 6.37. The number of hydrogen-bond acceptors (Lipinski definition) is 3. The van der Waals surface area contributed by atoms with Gasteiger partial charge in [0.2, 0.25) is 0 Å². The molecule has 1 aliphatic heterocycles. The van der Waals surface area contributed by atoms with Gasteiger partial charge in [0, 0.05) is 17.8 Å². The highest BCUT2D eigenvalue weighted by molar-refractivity contribution is 5.48. The lowest BCUT2D eigenvalue weighted by Gasteiger charge is -2.34. The summed E-state index contributed by atoms with van der Waals surface area (Å²) in [5, 5.41) is 3.66. The first-order valence-electron chi connectivity index (χ1n) is 8.44. The summed E-state index contributed by atoms with van der Waals surface area (Å²) in [4.78, 5) is 2.54. The van der Waals surface area contributed by atoms with E-state index in [-0.39, 0.29) is 0 Å². The first kappa shape index (κ1) is 16.2. The number of nitrogens with zero attached hydrogens (tertiary/aromatic N) is 1. The molecule has 3 heteroatoms. The van der Waals surface area contributed by atoms with Crippen LogP contribution < -0.4 is 10.1 Å². The summed E-state index contributed by atoms with van der Waals surface area (Å²) >= 11 is 0. The van der Waals surface area contributed by atoms with Gasteiger partial charge in [-0.05, 0) is 63.9 Å². The van der Waals surface area contributed by atoms with Gasteiger partial charge >= 0.3 is 0 Å². The lowest BCUT2D eigenvalue weighted by atomic mass is 9.90. The lowest BCUT2D eigenvalue weighted by Crippen LogP contribution is -2.39. The van der Waals surface area contributed by atoms with Gasteiger partial charge in [-0.3, -0.25) is 0 Å². The molecular formula is C18H30N2O. The topological polar surface area (TPSA) is 24.5 Å². The third kappa shape index (κ3) is 4.92. The minimum atomic E-state index is 0.519. The van der Waals surface area contributed by atoms with Gasteiger partial charge in [-0.25, -0.2) is 0 Å². The summed E-state index contributed by atoms with van der Waals surface area (Å²) in [6, 6.07) is 8.87. The van der Waals surface area contributed by atoms with Gasteiger partial charge in [0.05, 0.1) is 6.61 Å². The van der Waals surface area contributed by atoms with Crippen molar-refractivity contribution in [2.45, 2.75) is 46.1 Å². The molecule has 0 bridgehead atoms. The summed E-state index contributed by atoms with van der Waals surface area (Å²) in [5.74, 6) is 1.74. The Labute approximate surface area is 129 Å². The number of nitrogens with one attached hydrogen (secondary N) is 1. The van der Waals surface area contributed by atoms with Crippen molar-refractivity contribution in [2.75, 3.05) is 31.6 Å². The van der Waals surface area contributed by atoms with Gasteiger partial charge in [0.15, 0.2) is 0 Å². The van der Waals surface area contributed by atoms with Crippen molar-refractivity contribution in [3.63, 3.8) is 0 Å². The van der Waals surface area contributed by atoms with Crippen LogP contribution in [-0.4, -0.2) is 37.2 Å². The van der Waals surface area contributed by atoms with E-state index in [1.165, 1.54) is 38.2 Å². The molecule has 1 atom stereocenters. The van der Waals surface area contributed by atoms with Gasteiger partial charge < -0.3 is 15.0 Å². The SMILES string of the molecule is CCCOc1cccc(NC(C)C2CCN(CC)CC2)c1. The van der Waals surface area contributed by atoms with E-state index in [4.69, 9.17) is 4.74 Å². The molecule has 0 aliphatic carbocycles. The molecule has 2 rings (SSSR count). The van der Waals surface area contributed by atoms with Crippen LogP contribution in [0.3, 0.4) is 0 Å². The average molecular weight is 290 g/mol. The molecule has 0 amide bonds. The second-order valence-electron chi connectivity index (χ2n) is 6.08. The second-order valence-corrected chi connectivity index (χ2v) is 6.08. The predicted octanol–water partition coefficient (Wildman–Crippen LogP) is 4.01. The number of rotatable bonds is 7. The molecule has 3 nitrogen and oxygen atoms in total. The molecule has 1 aromatic rings. The first-order chi connectivity index (χ1) is 10.2. The number of ether oxygens (including phenoxy) is 1. The molecule has 0 aromatic heterocycles. The maximum atomic E-state index is 5.70. The van der Waals surface area contributed by atoms with E-state index in [1.807, 2.05) is 6.07 Å². The normalized spacial score (nSPS) is 18.4. The van der Waals surface area contributed by atoms with Crippen molar-refractivity contribution in [3.8, 4) is 5.75 Å². The van der Waals surface area contributed by atoms with Crippen molar-refractivity contribution in [2.24, 2.45) is 5.92 Å². The van der Waals surface area contributed by atoms with E-state index in [1.54, 1.807) is 0 Å². The van der Waals surface area contributed by atoms with Gasteiger partial charge in [0.25, 0.3) is 0 Å². The largest absolute Gasteiger partial charge is 0.494 e. The first-order valence-corrected chi connectivity index (χ1v) is 8.44. The summed E-state index contributed by atoms with van der Waals surface area (Å²) in [5.41, 5.74) is 1.18. The number of likely N-dealkylation sites (tertiary alicyclic amines) is 1. The Morgan fingerprint density at radius 1 is 1.29 bits per heavy atom. The van der Waals surface area contributed by atoms with Crippen LogP contribution in [0.5, 0.6) is 5.75 Å². The van der Waals surface area contributed by atoms with E-state index in [0.717, 1.165) is 24.7 Å². The van der Waals surface area contributed by atoms with E-state index < -0.39 is 0 Å². The van der Waals surface area contributed by atoms with Crippen LogP contribution in [0, 0.1) is 5.92 Å². The molecule has 118 valence electrons. The minimum absolute atomic E-state index is 0.519. The zero-order valence-electron chi connectivity index (χ0n) is 13.8. The number of benzene rings is 1. The van der Waals surface area contributed by atoms with Crippen LogP contribution in [0.2, 0.25) is 0 Å². The van der Waals surface area contributed by atoms with Gasteiger partial charge in [0.1, 0.15) is 5.75 Å². The van der Waals surface area contributed by atoms with Crippen molar-refractivity contribution >= 4 is 5.69 Å².